The molecule has 1 aliphatic heterocycles. The van der Waals surface area contributed by atoms with Gasteiger partial charge in [-0.2, -0.15) is 0 Å². The van der Waals surface area contributed by atoms with Gasteiger partial charge in [-0.25, -0.2) is 0 Å². The highest BCUT2D eigenvalue weighted by Gasteiger charge is 2.46. The van der Waals surface area contributed by atoms with Crippen LogP contribution in [-0.2, 0) is 16.1 Å². The van der Waals surface area contributed by atoms with Gasteiger partial charge in [0, 0.05) is 25.0 Å². The molecule has 8 nitrogen and oxygen atoms in total. The molecule has 0 bridgehead atoms. The van der Waals surface area contributed by atoms with Gasteiger partial charge in [0.1, 0.15) is 17.3 Å². The predicted molar refractivity (Wildman–Crippen MR) is 142 cm³/mol. The average molecular weight is 502 g/mol. The molecule has 0 radical (unpaired) electrons. The monoisotopic (exact) mass is 501 g/mol. The van der Waals surface area contributed by atoms with Gasteiger partial charge in [0.2, 0.25) is 0 Å². The van der Waals surface area contributed by atoms with Crippen molar-refractivity contribution in [1.29, 1.82) is 0 Å². The largest absolute Gasteiger partial charge is 0.507 e. The van der Waals surface area contributed by atoms with E-state index in [0.717, 1.165) is 18.8 Å². The Labute approximate surface area is 216 Å². The van der Waals surface area contributed by atoms with E-state index in [2.05, 4.69) is 23.7 Å². The zero-order chi connectivity index (χ0) is 26.5. The number of nitrogens with zero attached hydrogens (tertiary/aromatic N) is 3. The molecule has 2 aromatic carbocycles. The smallest absolute Gasteiger partial charge is 0.296 e. The van der Waals surface area contributed by atoms with Crippen LogP contribution >= 0.6 is 0 Å². The van der Waals surface area contributed by atoms with Crippen molar-refractivity contribution in [2.45, 2.75) is 26.4 Å². The second-order valence-corrected chi connectivity index (χ2v) is 8.58. The minimum absolute atomic E-state index is 0.0110. The van der Waals surface area contributed by atoms with Crippen molar-refractivity contribution in [2.75, 3.05) is 32.2 Å². The molecule has 1 fully saturated rings. The van der Waals surface area contributed by atoms with Gasteiger partial charge in [-0.15, -0.1) is 0 Å². The van der Waals surface area contributed by atoms with Crippen molar-refractivity contribution in [1.82, 2.24) is 9.88 Å². The van der Waals surface area contributed by atoms with Crippen LogP contribution in [-0.4, -0.2) is 54.0 Å². The first kappa shape index (κ1) is 25.8. The van der Waals surface area contributed by atoms with E-state index in [1.165, 1.54) is 19.1 Å². The molecule has 1 aromatic heterocycles. The first-order chi connectivity index (χ1) is 17.9. The lowest BCUT2D eigenvalue weighted by atomic mass is 9.94. The predicted octanol–water partition coefficient (Wildman–Crippen LogP) is 4.57. The Morgan fingerprint density at radius 3 is 2.32 bits per heavy atom. The summed E-state index contributed by atoms with van der Waals surface area (Å²) >= 11 is 0. The minimum atomic E-state index is -0.816. The van der Waals surface area contributed by atoms with Crippen molar-refractivity contribution >= 4 is 23.1 Å². The van der Waals surface area contributed by atoms with E-state index in [0.29, 0.717) is 22.8 Å². The normalized spacial score (nSPS) is 16.6. The van der Waals surface area contributed by atoms with Gasteiger partial charge in [0.25, 0.3) is 11.7 Å². The van der Waals surface area contributed by atoms with Crippen molar-refractivity contribution in [3.8, 4) is 11.5 Å². The van der Waals surface area contributed by atoms with Crippen LogP contribution in [0.15, 0.2) is 72.4 Å². The fraction of sp³-hybridized carbons (Fsp3) is 0.276. The first-order valence-corrected chi connectivity index (χ1v) is 12.2. The number of aromatic nitrogens is 1. The fourth-order valence-electron chi connectivity index (χ4n) is 4.66. The number of Topliss-reactive ketones (excluding diaryl/α,β-unsaturated/α-hetero) is 1. The molecule has 8 heteroatoms. The van der Waals surface area contributed by atoms with Crippen LogP contribution in [0.4, 0.5) is 5.69 Å². The summed E-state index contributed by atoms with van der Waals surface area (Å²) in [6.07, 6.45) is 1.64. The number of hydrogen-bond acceptors (Lipinski definition) is 7. The SMILES string of the molecule is CCN(CC)c1ccc(C2/C(=C(\O)c3cc(OC)ccc3OC)C(=O)C(=O)N2Cc2ccccn2)cc1. The highest BCUT2D eigenvalue weighted by Crippen LogP contribution is 2.42. The topological polar surface area (TPSA) is 92.2 Å². The Kier molecular flexibility index (Phi) is 7.77. The Bertz CT molecular complexity index is 1300. The van der Waals surface area contributed by atoms with E-state index in [1.54, 1.807) is 36.5 Å². The summed E-state index contributed by atoms with van der Waals surface area (Å²) in [4.78, 5) is 34.7. The van der Waals surface area contributed by atoms with Crippen molar-refractivity contribution < 1.29 is 24.2 Å². The second-order valence-electron chi connectivity index (χ2n) is 8.58. The number of carbonyl (C=O) groups is 2. The molecule has 192 valence electrons. The number of methoxy groups -OCH3 is 2. The molecule has 1 unspecified atom stereocenters. The van der Waals surface area contributed by atoms with Gasteiger partial charge in [-0.05, 0) is 61.9 Å². The maximum absolute atomic E-state index is 13.4. The van der Waals surface area contributed by atoms with Gasteiger partial charge in [0.05, 0.1) is 43.6 Å². The average Bonchev–Trinajstić information content (AvgIpc) is 3.18. The molecule has 4 rings (SSSR count). The highest BCUT2D eigenvalue weighted by molar-refractivity contribution is 6.46. The van der Waals surface area contributed by atoms with Crippen LogP contribution in [0, 0.1) is 0 Å². The van der Waals surface area contributed by atoms with Crippen LogP contribution < -0.4 is 14.4 Å². The van der Waals surface area contributed by atoms with E-state index >= 15 is 0 Å². The number of ketones is 1. The number of likely N-dealkylation sites (tertiary alicyclic amines) is 1. The van der Waals surface area contributed by atoms with E-state index in [-0.39, 0.29) is 23.4 Å². The number of carbonyl (C=O) groups excluding carboxylic acids is 2. The van der Waals surface area contributed by atoms with Crippen LogP contribution in [0.5, 0.6) is 11.5 Å². The van der Waals surface area contributed by atoms with Gasteiger partial charge in [-0.1, -0.05) is 18.2 Å². The molecular formula is C29H31N3O5. The summed E-state index contributed by atoms with van der Waals surface area (Å²) in [5.74, 6) is -0.964. The Hall–Kier alpha value is -4.33. The maximum Gasteiger partial charge on any atom is 0.296 e. The molecule has 0 spiro atoms. The Balaban J connectivity index is 1.88. The molecule has 3 aromatic rings. The first-order valence-electron chi connectivity index (χ1n) is 12.2. The third-order valence-corrected chi connectivity index (χ3v) is 6.60. The Morgan fingerprint density at radius 1 is 1.00 bits per heavy atom. The molecule has 1 N–H and O–H groups in total. The molecule has 1 amide bonds. The summed E-state index contributed by atoms with van der Waals surface area (Å²) in [5, 5.41) is 11.5. The van der Waals surface area contributed by atoms with Crippen LogP contribution in [0.2, 0.25) is 0 Å². The maximum atomic E-state index is 13.4. The quantitative estimate of drug-likeness (QED) is 0.261. The van der Waals surface area contributed by atoms with E-state index < -0.39 is 17.7 Å². The molecule has 1 saturated heterocycles. The Morgan fingerprint density at radius 2 is 1.73 bits per heavy atom. The fourth-order valence-corrected chi connectivity index (χ4v) is 4.66. The number of amides is 1. The number of aliphatic hydroxyl groups is 1. The third-order valence-electron chi connectivity index (χ3n) is 6.60. The number of rotatable bonds is 9. The number of hydrogen-bond donors (Lipinski definition) is 1. The summed E-state index contributed by atoms with van der Waals surface area (Å²) in [5.41, 5.74) is 2.62. The standard InChI is InChI=1S/C29H31N3O5/c1-5-31(6-2)21-12-10-19(11-13-21)26-25(27(33)23-17-22(36-3)14-15-24(23)37-4)28(34)29(35)32(26)18-20-9-7-8-16-30-20/h7-17,26,33H,5-6,18H2,1-4H3/b27-25+. The molecule has 2 heterocycles. The van der Waals surface area contributed by atoms with Crippen molar-refractivity contribution in [3.05, 3.63) is 89.3 Å². The lowest BCUT2D eigenvalue weighted by Crippen LogP contribution is -2.29. The lowest BCUT2D eigenvalue weighted by Gasteiger charge is -2.26. The minimum Gasteiger partial charge on any atom is -0.507 e. The number of anilines is 1. The molecule has 1 atom stereocenters. The van der Waals surface area contributed by atoms with Gasteiger partial charge < -0.3 is 24.4 Å². The number of benzene rings is 2. The molecule has 1 aliphatic rings. The third kappa shape index (κ3) is 5.00. The van der Waals surface area contributed by atoms with Crippen molar-refractivity contribution in [3.63, 3.8) is 0 Å². The van der Waals surface area contributed by atoms with Gasteiger partial charge in [0.15, 0.2) is 0 Å². The zero-order valence-electron chi connectivity index (χ0n) is 21.5. The number of pyridine rings is 1. The van der Waals surface area contributed by atoms with Gasteiger partial charge >= 0.3 is 0 Å². The lowest BCUT2D eigenvalue weighted by molar-refractivity contribution is -0.140. The van der Waals surface area contributed by atoms with E-state index in [4.69, 9.17) is 9.47 Å². The van der Waals surface area contributed by atoms with Crippen LogP contribution in [0.1, 0.15) is 36.7 Å². The van der Waals surface area contributed by atoms with E-state index in [1.807, 2.05) is 30.3 Å². The summed E-state index contributed by atoms with van der Waals surface area (Å²) < 4.78 is 10.8. The summed E-state index contributed by atoms with van der Waals surface area (Å²) in [6, 6.07) is 17.2. The second kappa shape index (κ2) is 11.2. The summed E-state index contributed by atoms with van der Waals surface area (Å²) in [6.45, 7) is 5.98. The summed E-state index contributed by atoms with van der Waals surface area (Å²) in [7, 11) is 2.98. The molecule has 0 saturated carbocycles. The number of ether oxygens (including phenoxy) is 2. The zero-order valence-corrected chi connectivity index (χ0v) is 21.5. The van der Waals surface area contributed by atoms with E-state index in [9.17, 15) is 14.7 Å². The van der Waals surface area contributed by atoms with Crippen LogP contribution in [0.3, 0.4) is 0 Å². The van der Waals surface area contributed by atoms with Crippen LogP contribution in [0.25, 0.3) is 5.76 Å². The molecular weight excluding hydrogens is 470 g/mol. The molecule has 0 aliphatic carbocycles. The van der Waals surface area contributed by atoms with Crippen molar-refractivity contribution in [2.24, 2.45) is 0 Å². The van der Waals surface area contributed by atoms with Gasteiger partial charge in [-0.3, -0.25) is 14.6 Å². The number of aliphatic hydroxyl groups excluding tert-OH is 1. The molecule has 37 heavy (non-hydrogen) atoms. The highest BCUT2D eigenvalue weighted by atomic mass is 16.5.